The fourth-order valence-electron chi connectivity index (χ4n) is 2.33. The number of morpholine rings is 1. The van der Waals surface area contributed by atoms with Crippen LogP contribution in [0.25, 0.3) is 0 Å². The first-order valence-electron chi connectivity index (χ1n) is 6.91. The summed E-state index contributed by atoms with van der Waals surface area (Å²) in [6.45, 7) is 6.74. The van der Waals surface area contributed by atoms with E-state index in [1.165, 1.54) is 0 Å². The summed E-state index contributed by atoms with van der Waals surface area (Å²) in [5, 5.41) is 10.2. The second kappa shape index (κ2) is 6.72. The second-order valence-corrected chi connectivity index (χ2v) is 4.82. The van der Waals surface area contributed by atoms with E-state index in [9.17, 15) is 9.90 Å². The molecule has 0 aromatic heterocycles. The van der Waals surface area contributed by atoms with Gasteiger partial charge in [0.25, 0.3) is 0 Å². The number of rotatable bonds is 4. The van der Waals surface area contributed by atoms with Gasteiger partial charge in [-0.05, 0) is 19.9 Å². The highest BCUT2D eigenvalue weighted by molar-refractivity contribution is 5.79. The van der Waals surface area contributed by atoms with E-state index >= 15 is 0 Å². The molecule has 1 N–H and O–H groups in total. The van der Waals surface area contributed by atoms with E-state index in [1.54, 1.807) is 6.92 Å². The molecule has 2 rings (SSSR count). The van der Waals surface area contributed by atoms with Crippen molar-refractivity contribution in [1.82, 2.24) is 0 Å². The van der Waals surface area contributed by atoms with Gasteiger partial charge in [0.15, 0.2) is 6.10 Å². The SMILES string of the molecule is CCOC(=O)C(O)c1cc(C)ccc1N1CCOCC1. The molecule has 0 amide bonds. The Morgan fingerprint density at radius 1 is 1.45 bits per heavy atom. The van der Waals surface area contributed by atoms with Crippen LogP contribution < -0.4 is 4.90 Å². The third-order valence-electron chi connectivity index (χ3n) is 3.34. The number of esters is 1. The van der Waals surface area contributed by atoms with Gasteiger partial charge in [-0.3, -0.25) is 0 Å². The van der Waals surface area contributed by atoms with E-state index < -0.39 is 12.1 Å². The van der Waals surface area contributed by atoms with E-state index in [1.807, 2.05) is 25.1 Å². The maximum atomic E-state index is 11.8. The van der Waals surface area contributed by atoms with Crippen LogP contribution >= 0.6 is 0 Å². The molecular weight excluding hydrogens is 258 g/mol. The van der Waals surface area contributed by atoms with E-state index in [0.717, 1.165) is 24.3 Å². The number of ether oxygens (including phenoxy) is 2. The quantitative estimate of drug-likeness (QED) is 0.845. The molecule has 1 aliphatic rings. The van der Waals surface area contributed by atoms with Crippen molar-refractivity contribution in [2.45, 2.75) is 20.0 Å². The summed E-state index contributed by atoms with van der Waals surface area (Å²) in [7, 11) is 0. The molecule has 0 aliphatic carbocycles. The fraction of sp³-hybridized carbons (Fsp3) is 0.533. The number of carbonyl (C=O) groups excluding carboxylic acids is 1. The summed E-state index contributed by atoms with van der Waals surface area (Å²) >= 11 is 0. The largest absolute Gasteiger partial charge is 0.464 e. The molecule has 1 fully saturated rings. The van der Waals surface area contributed by atoms with Gasteiger partial charge in [0.1, 0.15) is 0 Å². The standard InChI is InChI=1S/C15H21NO4/c1-3-20-15(18)14(17)12-10-11(2)4-5-13(12)16-6-8-19-9-7-16/h4-5,10,14,17H,3,6-9H2,1-2H3. The van der Waals surface area contributed by atoms with E-state index in [-0.39, 0.29) is 6.61 Å². The number of aliphatic hydroxyl groups is 1. The third kappa shape index (κ3) is 3.29. The third-order valence-corrected chi connectivity index (χ3v) is 3.34. The maximum absolute atomic E-state index is 11.8. The number of nitrogens with zero attached hydrogens (tertiary/aromatic N) is 1. The number of aryl methyl sites for hydroxylation is 1. The summed E-state index contributed by atoms with van der Waals surface area (Å²) in [5.41, 5.74) is 2.48. The van der Waals surface area contributed by atoms with Gasteiger partial charge < -0.3 is 19.5 Å². The molecule has 0 saturated carbocycles. The van der Waals surface area contributed by atoms with E-state index in [2.05, 4.69) is 4.90 Å². The fourth-order valence-corrected chi connectivity index (χ4v) is 2.33. The molecule has 5 nitrogen and oxygen atoms in total. The first-order valence-corrected chi connectivity index (χ1v) is 6.91. The topological polar surface area (TPSA) is 59.0 Å². The first kappa shape index (κ1) is 14.8. The van der Waals surface area contributed by atoms with E-state index in [0.29, 0.717) is 18.8 Å². The minimum absolute atomic E-state index is 0.259. The predicted octanol–water partition coefficient (Wildman–Crippen LogP) is 1.43. The Morgan fingerprint density at radius 3 is 2.80 bits per heavy atom. The van der Waals surface area contributed by atoms with Gasteiger partial charge in [-0.1, -0.05) is 17.7 Å². The average Bonchev–Trinajstić information content (AvgIpc) is 2.47. The van der Waals surface area contributed by atoms with Crippen molar-refractivity contribution in [1.29, 1.82) is 0 Å². The number of aliphatic hydroxyl groups excluding tert-OH is 1. The number of anilines is 1. The average molecular weight is 279 g/mol. The van der Waals surface area contributed by atoms with Crippen LogP contribution in [0.15, 0.2) is 18.2 Å². The smallest absolute Gasteiger partial charge is 0.339 e. The number of benzene rings is 1. The van der Waals surface area contributed by atoms with Crippen LogP contribution in [0.2, 0.25) is 0 Å². The minimum Gasteiger partial charge on any atom is -0.464 e. The van der Waals surface area contributed by atoms with Gasteiger partial charge in [0, 0.05) is 24.3 Å². The lowest BCUT2D eigenvalue weighted by Gasteiger charge is -2.31. The normalized spacial score (nSPS) is 16.9. The lowest BCUT2D eigenvalue weighted by molar-refractivity contribution is -0.153. The minimum atomic E-state index is -1.24. The van der Waals surface area contributed by atoms with Crippen LogP contribution in [0, 0.1) is 6.92 Å². The summed E-state index contributed by atoms with van der Waals surface area (Å²) in [6.07, 6.45) is -1.24. The molecule has 5 heteroatoms. The number of carbonyl (C=O) groups is 1. The van der Waals surface area contributed by atoms with Crippen LogP contribution in [-0.2, 0) is 14.3 Å². The Morgan fingerprint density at radius 2 is 2.15 bits per heavy atom. The number of hydrogen-bond acceptors (Lipinski definition) is 5. The highest BCUT2D eigenvalue weighted by Gasteiger charge is 2.25. The van der Waals surface area contributed by atoms with Gasteiger partial charge in [-0.2, -0.15) is 0 Å². The van der Waals surface area contributed by atoms with Crippen LogP contribution in [0.4, 0.5) is 5.69 Å². The van der Waals surface area contributed by atoms with Gasteiger partial charge >= 0.3 is 5.97 Å². The Bertz CT molecular complexity index is 469. The highest BCUT2D eigenvalue weighted by atomic mass is 16.5. The van der Waals surface area contributed by atoms with Gasteiger partial charge in [-0.25, -0.2) is 4.79 Å². The number of hydrogen-bond donors (Lipinski definition) is 1. The maximum Gasteiger partial charge on any atom is 0.339 e. The van der Waals surface area contributed by atoms with Crippen molar-refractivity contribution < 1.29 is 19.4 Å². The Kier molecular flexibility index (Phi) is 4.98. The Hall–Kier alpha value is -1.59. The summed E-state index contributed by atoms with van der Waals surface area (Å²) in [6, 6.07) is 5.76. The van der Waals surface area contributed by atoms with Crippen LogP contribution in [0.1, 0.15) is 24.2 Å². The molecular formula is C15H21NO4. The zero-order valence-corrected chi connectivity index (χ0v) is 12.0. The molecule has 1 aliphatic heterocycles. The zero-order chi connectivity index (χ0) is 14.5. The molecule has 0 bridgehead atoms. The van der Waals surface area contributed by atoms with Crippen molar-refractivity contribution in [2.75, 3.05) is 37.8 Å². The molecule has 1 heterocycles. The molecule has 20 heavy (non-hydrogen) atoms. The Balaban J connectivity index is 2.29. The van der Waals surface area contributed by atoms with E-state index in [4.69, 9.17) is 9.47 Å². The van der Waals surface area contributed by atoms with Gasteiger partial charge in [-0.15, -0.1) is 0 Å². The lowest BCUT2D eigenvalue weighted by Crippen LogP contribution is -2.37. The van der Waals surface area contributed by atoms with Crippen molar-refractivity contribution in [3.63, 3.8) is 0 Å². The summed E-state index contributed by atoms with van der Waals surface area (Å²) in [5.74, 6) is -0.604. The van der Waals surface area contributed by atoms with Crippen molar-refractivity contribution in [3.05, 3.63) is 29.3 Å². The first-order chi connectivity index (χ1) is 9.63. The Labute approximate surface area is 119 Å². The molecule has 1 aromatic carbocycles. The molecule has 1 aromatic rings. The monoisotopic (exact) mass is 279 g/mol. The predicted molar refractivity (Wildman–Crippen MR) is 75.8 cm³/mol. The molecule has 1 atom stereocenters. The van der Waals surface area contributed by atoms with Crippen LogP contribution in [-0.4, -0.2) is 44.0 Å². The van der Waals surface area contributed by atoms with Crippen molar-refractivity contribution in [2.24, 2.45) is 0 Å². The molecule has 0 spiro atoms. The molecule has 1 unspecified atom stereocenters. The van der Waals surface area contributed by atoms with Crippen LogP contribution in [0.3, 0.4) is 0 Å². The highest BCUT2D eigenvalue weighted by Crippen LogP contribution is 2.29. The van der Waals surface area contributed by atoms with Gasteiger partial charge in [0.05, 0.1) is 19.8 Å². The van der Waals surface area contributed by atoms with Crippen molar-refractivity contribution >= 4 is 11.7 Å². The summed E-state index contributed by atoms with van der Waals surface area (Å²) < 4.78 is 10.2. The molecule has 110 valence electrons. The second-order valence-electron chi connectivity index (χ2n) is 4.82. The van der Waals surface area contributed by atoms with Crippen LogP contribution in [0.5, 0.6) is 0 Å². The summed E-state index contributed by atoms with van der Waals surface area (Å²) in [4.78, 5) is 13.9. The molecule has 0 radical (unpaired) electrons. The zero-order valence-electron chi connectivity index (χ0n) is 12.0. The molecule has 1 saturated heterocycles. The van der Waals surface area contributed by atoms with Gasteiger partial charge in [0.2, 0.25) is 0 Å². The lowest BCUT2D eigenvalue weighted by atomic mass is 10.0. The van der Waals surface area contributed by atoms with Crippen molar-refractivity contribution in [3.8, 4) is 0 Å².